The minimum atomic E-state index is -0.204. The van der Waals surface area contributed by atoms with Gasteiger partial charge in [-0.15, -0.1) is 10.2 Å². The van der Waals surface area contributed by atoms with E-state index in [-0.39, 0.29) is 11.8 Å². The van der Waals surface area contributed by atoms with Crippen LogP contribution >= 0.6 is 23.1 Å². The first kappa shape index (κ1) is 19.8. The van der Waals surface area contributed by atoms with Crippen LogP contribution in [0.4, 0.5) is 5.13 Å². The predicted molar refractivity (Wildman–Crippen MR) is 110 cm³/mol. The van der Waals surface area contributed by atoms with Crippen LogP contribution < -0.4 is 10.6 Å². The fourth-order valence-electron chi connectivity index (χ4n) is 3.24. The highest BCUT2D eigenvalue weighted by Gasteiger charge is 2.17. The average Bonchev–Trinajstić information content (AvgIpc) is 3.07. The summed E-state index contributed by atoms with van der Waals surface area (Å²) in [5, 5.41) is 14.4. The average molecular weight is 405 g/mol. The summed E-state index contributed by atoms with van der Waals surface area (Å²) in [5.41, 5.74) is 2.68. The third-order valence-corrected chi connectivity index (χ3v) is 6.38. The molecule has 2 aromatic rings. The van der Waals surface area contributed by atoms with Crippen molar-refractivity contribution < 1.29 is 9.59 Å². The van der Waals surface area contributed by atoms with Crippen molar-refractivity contribution in [3.8, 4) is 0 Å². The molecule has 1 aromatic heterocycles. The van der Waals surface area contributed by atoms with Gasteiger partial charge >= 0.3 is 0 Å². The molecule has 6 nitrogen and oxygen atoms in total. The van der Waals surface area contributed by atoms with Gasteiger partial charge in [-0.2, -0.15) is 0 Å². The third-order valence-electron chi connectivity index (χ3n) is 4.41. The standard InChI is InChI=1S/C19H24N4O2S2/c1-12-8-13(2)10-14(9-12)17(25)21-18-22-23-19(27-18)26-11-16(24)20-15-6-4-3-5-7-15/h8-10,15H,3-7,11H2,1-2H3,(H,20,24)(H,21,22,25). The zero-order valence-corrected chi connectivity index (χ0v) is 17.2. The monoisotopic (exact) mass is 404 g/mol. The van der Waals surface area contributed by atoms with Gasteiger partial charge in [0.25, 0.3) is 5.91 Å². The number of carbonyl (C=O) groups excluding carboxylic acids is 2. The quantitative estimate of drug-likeness (QED) is 0.563. The molecule has 1 saturated carbocycles. The van der Waals surface area contributed by atoms with Crippen LogP contribution in [0, 0.1) is 13.8 Å². The normalized spacial score (nSPS) is 14.7. The van der Waals surface area contributed by atoms with E-state index in [1.54, 1.807) is 0 Å². The van der Waals surface area contributed by atoms with Gasteiger partial charge in [0.05, 0.1) is 5.75 Å². The van der Waals surface area contributed by atoms with Gasteiger partial charge < -0.3 is 5.32 Å². The van der Waals surface area contributed by atoms with E-state index >= 15 is 0 Å². The summed E-state index contributed by atoms with van der Waals surface area (Å²) in [6.07, 6.45) is 5.80. The first-order chi connectivity index (χ1) is 13.0. The second-order valence-corrected chi connectivity index (χ2v) is 9.09. The van der Waals surface area contributed by atoms with Crippen molar-refractivity contribution in [2.24, 2.45) is 0 Å². The van der Waals surface area contributed by atoms with Gasteiger partial charge in [-0.25, -0.2) is 0 Å². The molecule has 8 heteroatoms. The molecule has 1 fully saturated rings. The Hall–Kier alpha value is -1.93. The first-order valence-electron chi connectivity index (χ1n) is 9.15. The van der Waals surface area contributed by atoms with Gasteiger partial charge in [0.15, 0.2) is 4.34 Å². The molecule has 2 N–H and O–H groups in total. The Bertz CT molecular complexity index is 796. The van der Waals surface area contributed by atoms with Crippen molar-refractivity contribution >= 4 is 40.0 Å². The van der Waals surface area contributed by atoms with Crippen LogP contribution in [0.15, 0.2) is 22.5 Å². The molecule has 1 aromatic carbocycles. The van der Waals surface area contributed by atoms with Crippen LogP contribution in [-0.4, -0.2) is 33.8 Å². The molecule has 0 bridgehead atoms. The van der Waals surface area contributed by atoms with E-state index in [9.17, 15) is 9.59 Å². The number of aromatic nitrogens is 2. The second-order valence-electron chi connectivity index (χ2n) is 6.89. The third kappa shape index (κ3) is 6.04. The molecule has 1 aliphatic carbocycles. The Labute approximate surface area is 167 Å². The van der Waals surface area contributed by atoms with Crippen molar-refractivity contribution in [2.75, 3.05) is 11.1 Å². The highest BCUT2D eigenvalue weighted by atomic mass is 32.2. The molecule has 0 atom stereocenters. The van der Waals surface area contributed by atoms with Crippen molar-refractivity contribution in [3.05, 3.63) is 34.9 Å². The van der Waals surface area contributed by atoms with Gasteiger partial charge in [-0.1, -0.05) is 59.6 Å². The minimum Gasteiger partial charge on any atom is -0.353 e. The Kier molecular flexibility index (Phi) is 6.84. The molecular formula is C19H24N4O2S2. The number of carbonyl (C=O) groups is 2. The van der Waals surface area contributed by atoms with Crippen molar-refractivity contribution in [1.82, 2.24) is 15.5 Å². The van der Waals surface area contributed by atoms with Gasteiger partial charge in [0.1, 0.15) is 0 Å². The Balaban J connectivity index is 1.49. The highest BCUT2D eigenvalue weighted by Crippen LogP contribution is 2.26. The maximum Gasteiger partial charge on any atom is 0.257 e. The van der Waals surface area contributed by atoms with Crippen LogP contribution in [0.1, 0.15) is 53.6 Å². The smallest absolute Gasteiger partial charge is 0.257 e. The van der Waals surface area contributed by atoms with Gasteiger partial charge in [0, 0.05) is 11.6 Å². The number of amides is 2. The fourth-order valence-corrected chi connectivity index (χ4v) is 4.80. The fraction of sp³-hybridized carbons (Fsp3) is 0.474. The molecular weight excluding hydrogens is 380 g/mol. The Morgan fingerprint density at radius 1 is 1.11 bits per heavy atom. The summed E-state index contributed by atoms with van der Waals surface area (Å²) < 4.78 is 0.671. The molecule has 0 unspecified atom stereocenters. The zero-order chi connectivity index (χ0) is 19.2. The molecule has 3 rings (SSSR count). The number of hydrogen-bond acceptors (Lipinski definition) is 6. The first-order valence-corrected chi connectivity index (χ1v) is 10.9. The molecule has 2 amide bonds. The SMILES string of the molecule is Cc1cc(C)cc(C(=O)Nc2nnc(SCC(=O)NC3CCCCC3)s2)c1. The number of rotatable bonds is 6. The Morgan fingerprint density at radius 3 is 2.52 bits per heavy atom. The number of nitrogens with one attached hydrogen (secondary N) is 2. The van der Waals surface area contributed by atoms with E-state index in [1.807, 2.05) is 32.0 Å². The van der Waals surface area contributed by atoms with Crippen LogP contribution in [0.25, 0.3) is 0 Å². The van der Waals surface area contributed by atoms with E-state index in [2.05, 4.69) is 20.8 Å². The summed E-state index contributed by atoms with van der Waals surface area (Å²) in [5.74, 6) is 0.142. The lowest BCUT2D eigenvalue weighted by Crippen LogP contribution is -2.37. The van der Waals surface area contributed by atoms with Gasteiger partial charge in [0.2, 0.25) is 11.0 Å². The van der Waals surface area contributed by atoms with Crippen molar-refractivity contribution in [3.63, 3.8) is 0 Å². The number of anilines is 1. The van der Waals surface area contributed by atoms with E-state index in [0.29, 0.717) is 26.8 Å². The second kappa shape index (κ2) is 9.32. The maximum absolute atomic E-state index is 12.4. The largest absolute Gasteiger partial charge is 0.353 e. The summed E-state index contributed by atoms with van der Waals surface area (Å²) in [6.45, 7) is 3.92. The molecule has 1 heterocycles. The van der Waals surface area contributed by atoms with Gasteiger partial charge in [-0.05, 0) is 38.8 Å². The molecule has 0 spiro atoms. The number of hydrogen-bond donors (Lipinski definition) is 2. The molecule has 1 aliphatic rings. The number of nitrogens with zero attached hydrogens (tertiary/aromatic N) is 2. The number of aryl methyl sites for hydroxylation is 2. The van der Waals surface area contributed by atoms with E-state index in [0.717, 1.165) is 24.0 Å². The topological polar surface area (TPSA) is 84.0 Å². The lowest BCUT2D eigenvalue weighted by atomic mass is 9.95. The number of benzene rings is 1. The summed E-state index contributed by atoms with van der Waals surface area (Å²) in [4.78, 5) is 24.4. The molecule has 0 aliphatic heterocycles. The lowest BCUT2D eigenvalue weighted by Gasteiger charge is -2.22. The predicted octanol–water partition coefficient (Wildman–Crippen LogP) is 3.95. The summed E-state index contributed by atoms with van der Waals surface area (Å²) >= 11 is 2.63. The molecule has 0 saturated heterocycles. The molecule has 0 radical (unpaired) electrons. The summed E-state index contributed by atoms with van der Waals surface area (Å²) in [6, 6.07) is 6.02. The van der Waals surface area contributed by atoms with Gasteiger partial charge in [-0.3, -0.25) is 14.9 Å². The van der Waals surface area contributed by atoms with Crippen LogP contribution in [0.5, 0.6) is 0 Å². The summed E-state index contributed by atoms with van der Waals surface area (Å²) in [7, 11) is 0. The van der Waals surface area contributed by atoms with E-state index < -0.39 is 0 Å². The maximum atomic E-state index is 12.4. The molecule has 27 heavy (non-hydrogen) atoms. The highest BCUT2D eigenvalue weighted by molar-refractivity contribution is 8.01. The zero-order valence-electron chi connectivity index (χ0n) is 15.6. The van der Waals surface area contributed by atoms with Crippen molar-refractivity contribution in [1.29, 1.82) is 0 Å². The molecule has 144 valence electrons. The van der Waals surface area contributed by atoms with Crippen LogP contribution in [0.3, 0.4) is 0 Å². The number of thioether (sulfide) groups is 1. The lowest BCUT2D eigenvalue weighted by molar-refractivity contribution is -0.119. The van der Waals surface area contributed by atoms with Crippen LogP contribution in [-0.2, 0) is 4.79 Å². The van der Waals surface area contributed by atoms with E-state index in [1.165, 1.54) is 42.4 Å². The Morgan fingerprint density at radius 2 is 1.81 bits per heavy atom. The van der Waals surface area contributed by atoms with Crippen LogP contribution in [0.2, 0.25) is 0 Å². The minimum absolute atomic E-state index is 0.0305. The van der Waals surface area contributed by atoms with Crippen molar-refractivity contribution in [2.45, 2.75) is 56.3 Å². The van der Waals surface area contributed by atoms with E-state index in [4.69, 9.17) is 0 Å².